The largest absolute Gasteiger partial charge is 0.334 e. The van der Waals surface area contributed by atoms with Gasteiger partial charge in [-0.2, -0.15) is 4.31 Å². The van der Waals surface area contributed by atoms with Crippen molar-refractivity contribution in [2.24, 2.45) is 0 Å². The molecule has 7 nitrogen and oxygen atoms in total. The molecule has 29 heavy (non-hydrogen) atoms. The fraction of sp³-hybridized carbons (Fsp3) is 0.429. The van der Waals surface area contributed by atoms with Gasteiger partial charge in [-0.05, 0) is 24.5 Å². The van der Waals surface area contributed by atoms with E-state index in [9.17, 15) is 18.0 Å². The molecule has 1 atom stereocenters. The number of rotatable bonds is 7. The van der Waals surface area contributed by atoms with Crippen molar-refractivity contribution in [3.8, 4) is 0 Å². The number of hydrogen-bond acceptors (Lipinski definition) is 4. The maximum atomic E-state index is 13.0. The molecule has 1 aromatic heterocycles. The predicted octanol–water partition coefficient (Wildman–Crippen LogP) is 2.24. The molecule has 2 heterocycles. The fourth-order valence-electron chi connectivity index (χ4n) is 3.82. The average molecular weight is 418 g/mol. The standard InChI is InChI=1S/C21H27N3O4S/c1-3-23(4-2)29(27,28)18-12-13-20(25)22(15-18)16-21(26)24-14-8-11-19(24)17-9-6-5-7-10-17/h5-7,9-10,12-13,15,19H,3-4,8,11,14,16H2,1-2H3/t19-/m0/s1. The zero-order valence-corrected chi connectivity index (χ0v) is 17.6. The number of hydrogen-bond donors (Lipinski definition) is 0. The van der Waals surface area contributed by atoms with Crippen LogP contribution in [0.25, 0.3) is 0 Å². The van der Waals surface area contributed by atoms with E-state index >= 15 is 0 Å². The first-order valence-corrected chi connectivity index (χ1v) is 11.4. The fourth-order valence-corrected chi connectivity index (χ4v) is 5.30. The van der Waals surface area contributed by atoms with Gasteiger partial charge in [0.15, 0.2) is 0 Å². The highest BCUT2D eigenvalue weighted by Crippen LogP contribution is 2.31. The summed E-state index contributed by atoms with van der Waals surface area (Å²) in [6.07, 6.45) is 3.05. The van der Waals surface area contributed by atoms with E-state index < -0.39 is 15.6 Å². The van der Waals surface area contributed by atoms with Crippen molar-refractivity contribution in [2.45, 2.75) is 44.2 Å². The summed E-state index contributed by atoms with van der Waals surface area (Å²) in [6.45, 7) is 4.65. The molecule has 0 N–H and O–H groups in total. The van der Waals surface area contributed by atoms with Crippen LogP contribution in [0.15, 0.2) is 58.4 Å². The van der Waals surface area contributed by atoms with Gasteiger partial charge in [0.1, 0.15) is 6.54 Å². The van der Waals surface area contributed by atoms with Crippen molar-refractivity contribution in [3.05, 3.63) is 64.6 Å². The van der Waals surface area contributed by atoms with Gasteiger partial charge in [-0.15, -0.1) is 0 Å². The molecular weight excluding hydrogens is 390 g/mol. The Morgan fingerprint density at radius 1 is 1.10 bits per heavy atom. The van der Waals surface area contributed by atoms with Crippen LogP contribution < -0.4 is 5.56 Å². The number of amides is 1. The van der Waals surface area contributed by atoms with E-state index in [1.54, 1.807) is 18.7 Å². The molecule has 0 spiro atoms. The van der Waals surface area contributed by atoms with E-state index in [0.717, 1.165) is 18.4 Å². The minimum absolute atomic E-state index is 0.0120. The van der Waals surface area contributed by atoms with Crippen LogP contribution in [0.5, 0.6) is 0 Å². The lowest BCUT2D eigenvalue weighted by Crippen LogP contribution is -2.36. The molecule has 8 heteroatoms. The molecule has 0 aliphatic carbocycles. The lowest BCUT2D eigenvalue weighted by atomic mass is 10.0. The minimum atomic E-state index is -3.70. The lowest BCUT2D eigenvalue weighted by molar-refractivity contribution is -0.132. The van der Waals surface area contributed by atoms with Crippen molar-refractivity contribution >= 4 is 15.9 Å². The Bertz CT molecular complexity index is 1010. The Morgan fingerprint density at radius 2 is 1.79 bits per heavy atom. The monoisotopic (exact) mass is 417 g/mol. The van der Waals surface area contributed by atoms with Gasteiger partial charge in [-0.3, -0.25) is 9.59 Å². The Balaban J connectivity index is 1.85. The Morgan fingerprint density at radius 3 is 2.45 bits per heavy atom. The van der Waals surface area contributed by atoms with Crippen LogP contribution in [0.1, 0.15) is 38.3 Å². The first-order valence-electron chi connectivity index (χ1n) is 9.93. The predicted molar refractivity (Wildman–Crippen MR) is 111 cm³/mol. The summed E-state index contributed by atoms with van der Waals surface area (Å²) < 4.78 is 28.0. The van der Waals surface area contributed by atoms with Gasteiger partial charge in [-0.1, -0.05) is 44.2 Å². The van der Waals surface area contributed by atoms with Crippen molar-refractivity contribution < 1.29 is 13.2 Å². The molecule has 0 radical (unpaired) electrons. The summed E-state index contributed by atoms with van der Waals surface area (Å²) in [5.74, 6) is -0.184. The Kier molecular flexibility index (Phi) is 6.54. The van der Waals surface area contributed by atoms with Crippen LogP contribution in [0.2, 0.25) is 0 Å². The number of pyridine rings is 1. The van der Waals surface area contributed by atoms with Crippen LogP contribution in [0.3, 0.4) is 0 Å². The van der Waals surface area contributed by atoms with Crippen molar-refractivity contribution in [3.63, 3.8) is 0 Å². The quantitative estimate of drug-likeness (QED) is 0.692. The molecule has 0 unspecified atom stereocenters. The van der Waals surface area contributed by atoms with Crippen LogP contribution in [-0.2, 0) is 21.4 Å². The zero-order chi connectivity index (χ0) is 21.0. The van der Waals surface area contributed by atoms with E-state index in [1.807, 2.05) is 30.3 Å². The smallest absolute Gasteiger partial charge is 0.251 e. The summed E-state index contributed by atoms with van der Waals surface area (Å²) >= 11 is 0. The number of carbonyl (C=O) groups excluding carboxylic acids is 1. The number of sulfonamides is 1. The van der Waals surface area contributed by atoms with E-state index in [1.165, 1.54) is 27.2 Å². The summed E-state index contributed by atoms with van der Waals surface area (Å²) in [5, 5.41) is 0. The molecular formula is C21H27N3O4S. The van der Waals surface area contributed by atoms with E-state index in [0.29, 0.717) is 19.6 Å². The number of aromatic nitrogens is 1. The van der Waals surface area contributed by atoms with E-state index in [4.69, 9.17) is 0 Å². The molecule has 1 amide bonds. The van der Waals surface area contributed by atoms with Crippen molar-refractivity contribution in [1.82, 2.24) is 13.8 Å². The van der Waals surface area contributed by atoms with Gasteiger partial charge < -0.3 is 9.47 Å². The molecule has 1 aliphatic rings. The second kappa shape index (κ2) is 8.92. The van der Waals surface area contributed by atoms with Crippen molar-refractivity contribution in [2.75, 3.05) is 19.6 Å². The van der Waals surface area contributed by atoms with Gasteiger partial charge in [0, 0.05) is 31.9 Å². The van der Waals surface area contributed by atoms with E-state index in [-0.39, 0.29) is 23.4 Å². The second-order valence-electron chi connectivity index (χ2n) is 7.08. The summed E-state index contributed by atoms with van der Waals surface area (Å²) in [5.41, 5.74) is 0.677. The summed E-state index contributed by atoms with van der Waals surface area (Å²) in [4.78, 5) is 27.1. The number of carbonyl (C=O) groups is 1. The minimum Gasteiger partial charge on any atom is -0.334 e. The number of nitrogens with zero attached hydrogens (tertiary/aromatic N) is 3. The third-order valence-electron chi connectivity index (χ3n) is 5.36. The molecule has 1 fully saturated rings. The maximum absolute atomic E-state index is 13.0. The van der Waals surface area contributed by atoms with Crippen LogP contribution in [0, 0.1) is 0 Å². The molecule has 1 aromatic carbocycles. The van der Waals surface area contributed by atoms with Crippen LogP contribution in [-0.4, -0.2) is 47.7 Å². The van der Waals surface area contributed by atoms with Gasteiger partial charge in [0.25, 0.3) is 5.56 Å². The molecule has 3 rings (SSSR count). The number of likely N-dealkylation sites (tertiary alicyclic amines) is 1. The second-order valence-corrected chi connectivity index (χ2v) is 9.01. The Hall–Kier alpha value is -2.45. The highest BCUT2D eigenvalue weighted by Gasteiger charge is 2.30. The number of benzene rings is 1. The third kappa shape index (κ3) is 4.43. The van der Waals surface area contributed by atoms with Crippen molar-refractivity contribution in [1.29, 1.82) is 0 Å². The van der Waals surface area contributed by atoms with Gasteiger partial charge in [-0.25, -0.2) is 8.42 Å². The Labute approximate surface area is 171 Å². The van der Waals surface area contributed by atoms with E-state index in [2.05, 4.69) is 0 Å². The average Bonchev–Trinajstić information content (AvgIpc) is 3.21. The lowest BCUT2D eigenvalue weighted by Gasteiger charge is -2.25. The highest BCUT2D eigenvalue weighted by atomic mass is 32.2. The maximum Gasteiger partial charge on any atom is 0.251 e. The summed E-state index contributed by atoms with van der Waals surface area (Å²) in [7, 11) is -3.70. The normalized spacial score (nSPS) is 17.1. The van der Waals surface area contributed by atoms with Gasteiger partial charge in [0.05, 0.1) is 10.9 Å². The SMILES string of the molecule is CCN(CC)S(=O)(=O)c1ccc(=O)n(CC(=O)N2CCC[C@H]2c2ccccc2)c1. The molecule has 2 aromatic rings. The highest BCUT2D eigenvalue weighted by molar-refractivity contribution is 7.89. The molecule has 1 aliphatic heterocycles. The topological polar surface area (TPSA) is 79.7 Å². The van der Waals surface area contributed by atoms with Gasteiger partial charge in [0.2, 0.25) is 15.9 Å². The first kappa shape index (κ1) is 21.3. The molecule has 0 bridgehead atoms. The molecule has 1 saturated heterocycles. The molecule has 0 saturated carbocycles. The van der Waals surface area contributed by atoms with Gasteiger partial charge >= 0.3 is 0 Å². The zero-order valence-electron chi connectivity index (χ0n) is 16.8. The van der Waals surface area contributed by atoms with Crippen LogP contribution in [0.4, 0.5) is 0 Å². The molecule has 156 valence electrons. The summed E-state index contributed by atoms with van der Waals surface area (Å²) in [6, 6.07) is 12.3. The third-order valence-corrected chi connectivity index (χ3v) is 7.40. The first-order chi connectivity index (χ1) is 13.9. The van der Waals surface area contributed by atoms with Crippen LogP contribution >= 0.6 is 0 Å².